The summed E-state index contributed by atoms with van der Waals surface area (Å²) in [5.41, 5.74) is 0. The van der Waals surface area contributed by atoms with Crippen LogP contribution in [-0.4, -0.2) is 29.7 Å². The lowest BCUT2D eigenvalue weighted by Crippen LogP contribution is -2.26. The monoisotopic (exact) mass is 118 g/mol. The Kier molecular flexibility index (Phi) is 1.97. The summed E-state index contributed by atoms with van der Waals surface area (Å²) < 4.78 is 0. The molecule has 7 heavy (non-hydrogen) atoms. The number of nitrogens with zero attached hydrogens (tertiary/aromatic N) is 1. The molecular formula is C4H8NOS-. The van der Waals surface area contributed by atoms with Crippen LogP contribution in [0.4, 0.5) is 0 Å². The van der Waals surface area contributed by atoms with Gasteiger partial charge >= 0.3 is 0 Å². The summed E-state index contributed by atoms with van der Waals surface area (Å²) in [7, 11) is 0. The highest BCUT2D eigenvalue weighted by Gasteiger charge is 1.97. The molecule has 1 fully saturated rings. The first-order valence-electron chi connectivity index (χ1n) is 2.39. The summed E-state index contributed by atoms with van der Waals surface area (Å²) in [4.78, 5) is 0. The molecular weight excluding hydrogens is 110 g/mol. The lowest BCUT2D eigenvalue weighted by Gasteiger charge is -2.31. The van der Waals surface area contributed by atoms with E-state index in [2.05, 4.69) is 0 Å². The van der Waals surface area contributed by atoms with Gasteiger partial charge < -0.3 is 10.3 Å². The second-order valence-corrected chi connectivity index (χ2v) is 2.77. The summed E-state index contributed by atoms with van der Waals surface area (Å²) in [6, 6.07) is 0. The van der Waals surface area contributed by atoms with Gasteiger partial charge in [0, 0.05) is 11.5 Å². The van der Waals surface area contributed by atoms with Gasteiger partial charge in [0.15, 0.2) is 0 Å². The molecule has 1 saturated heterocycles. The highest BCUT2D eigenvalue weighted by molar-refractivity contribution is 7.99. The van der Waals surface area contributed by atoms with Crippen LogP contribution < -0.4 is 0 Å². The molecule has 0 N–H and O–H groups in total. The van der Waals surface area contributed by atoms with Crippen LogP contribution in [0.15, 0.2) is 0 Å². The first-order valence-corrected chi connectivity index (χ1v) is 3.55. The van der Waals surface area contributed by atoms with Crippen LogP contribution >= 0.6 is 11.8 Å². The van der Waals surface area contributed by atoms with Crippen LogP contribution in [0.25, 0.3) is 0 Å². The van der Waals surface area contributed by atoms with Crippen LogP contribution in [0.1, 0.15) is 0 Å². The fourth-order valence-electron chi connectivity index (χ4n) is 0.547. The zero-order valence-electron chi connectivity index (χ0n) is 4.09. The number of hydrogen-bond donors (Lipinski definition) is 0. The Balaban J connectivity index is 2.12. The van der Waals surface area contributed by atoms with Crippen LogP contribution in [-0.2, 0) is 0 Å². The van der Waals surface area contributed by atoms with Crippen molar-refractivity contribution in [3.8, 4) is 0 Å². The van der Waals surface area contributed by atoms with E-state index in [1.807, 2.05) is 11.8 Å². The van der Waals surface area contributed by atoms with Crippen molar-refractivity contribution in [1.82, 2.24) is 5.06 Å². The number of hydrogen-bond acceptors (Lipinski definition) is 3. The minimum absolute atomic E-state index is 0.727. The van der Waals surface area contributed by atoms with Crippen molar-refractivity contribution in [3.63, 3.8) is 0 Å². The van der Waals surface area contributed by atoms with E-state index in [9.17, 15) is 5.21 Å². The molecule has 0 aromatic heterocycles. The molecule has 3 heteroatoms. The van der Waals surface area contributed by atoms with E-state index >= 15 is 0 Å². The van der Waals surface area contributed by atoms with Crippen molar-refractivity contribution in [3.05, 3.63) is 5.21 Å². The van der Waals surface area contributed by atoms with E-state index < -0.39 is 0 Å². The summed E-state index contributed by atoms with van der Waals surface area (Å²) in [6.07, 6.45) is 0. The molecule has 0 saturated carbocycles. The Bertz CT molecular complexity index is 53.7. The van der Waals surface area contributed by atoms with Gasteiger partial charge in [-0.3, -0.25) is 0 Å². The Hall–Kier alpha value is 0.270. The summed E-state index contributed by atoms with van der Waals surface area (Å²) in [5.74, 6) is 2.03. The van der Waals surface area contributed by atoms with Gasteiger partial charge in [-0.1, -0.05) is 0 Å². The Morgan fingerprint density at radius 2 is 1.86 bits per heavy atom. The minimum Gasteiger partial charge on any atom is -0.785 e. The molecule has 1 heterocycles. The Morgan fingerprint density at radius 3 is 2.14 bits per heavy atom. The van der Waals surface area contributed by atoms with E-state index in [1.54, 1.807) is 0 Å². The average molecular weight is 118 g/mol. The van der Waals surface area contributed by atoms with E-state index in [0.717, 1.165) is 29.7 Å². The number of thioether (sulfide) groups is 1. The molecule has 0 atom stereocenters. The SMILES string of the molecule is [O-]N1CCSCC1. The molecule has 0 spiro atoms. The predicted octanol–water partition coefficient (Wildman–Crippen LogP) is 0.533. The van der Waals surface area contributed by atoms with E-state index in [0.29, 0.717) is 0 Å². The minimum atomic E-state index is 0.727. The normalized spacial score (nSPS) is 25.3. The maximum absolute atomic E-state index is 10.4. The van der Waals surface area contributed by atoms with Gasteiger partial charge in [0.1, 0.15) is 0 Å². The topological polar surface area (TPSA) is 26.3 Å². The van der Waals surface area contributed by atoms with Crippen molar-refractivity contribution < 1.29 is 0 Å². The maximum Gasteiger partial charge on any atom is 0.00517 e. The van der Waals surface area contributed by atoms with Gasteiger partial charge in [0.25, 0.3) is 0 Å². The maximum atomic E-state index is 10.4. The third kappa shape index (κ3) is 1.67. The smallest absolute Gasteiger partial charge is 0.00517 e. The predicted molar refractivity (Wildman–Crippen MR) is 32.3 cm³/mol. The third-order valence-corrected chi connectivity index (χ3v) is 1.91. The number of rotatable bonds is 0. The molecule has 0 amide bonds. The van der Waals surface area contributed by atoms with Crippen molar-refractivity contribution in [2.24, 2.45) is 0 Å². The molecule has 0 bridgehead atoms. The van der Waals surface area contributed by atoms with Crippen molar-refractivity contribution >= 4 is 11.8 Å². The highest BCUT2D eigenvalue weighted by atomic mass is 32.2. The van der Waals surface area contributed by atoms with Crippen LogP contribution in [0, 0.1) is 5.21 Å². The second kappa shape index (κ2) is 2.55. The molecule has 0 aromatic carbocycles. The van der Waals surface area contributed by atoms with Gasteiger partial charge in [-0.25, -0.2) is 0 Å². The highest BCUT2D eigenvalue weighted by Crippen LogP contribution is 2.06. The quantitative estimate of drug-likeness (QED) is 0.464. The Labute approximate surface area is 47.5 Å². The fourth-order valence-corrected chi connectivity index (χ4v) is 1.42. The van der Waals surface area contributed by atoms with Gasteiger partial charge in [-0.15, -0.1) is 0 Å². The van der Waals surface area contributed by atoms with Crippen LogP contribution in [0.5, 0.6) is 0 Å². The summed E-state index contributed by atoms with van der Waals surface area (Å²) in [6.45, 7) is 1.45. The van der Waals surface area contributed by atoms with Crippen molar-refractivity contribution in [2.45, 2.75) is 0 Å². The van der Waals surface area contributed by atoms with E-state index in [1.165, 1.54) is 0 Å². The zero-order valence-corrected chi connectivity index (χ0v) is 4.91. The van der Waals surface area contributed by atoms with E-state index in [4.69, 9.17) is 0 Å². The lowest BCUT2D eigenvalue weighted by atomic mass is 10.6. The number of hydroxylamine groups is 2. The summed E-state index contributed by atoms with van der Waals surface area (Å²) >= 11 is 1.86. The molecule has 0 unspecified atom stereocenters. The second-order valence-electron chi connectivity index (χ2n) is 1.54. The van der Waals surface area contributed by atoms with Crippen molar-refractivity contribution in [1.29, 1.82) is 0 Å². The molecule has 0 aliphatic carbocycles. The van der Waals surface area contributed by atoms with Gasteiger partial charge in [-0.2, -0.15) is 11.8 Å². The lowest BCUT2D eigenvalue weighted by molar-refractivity contribution is 0.419. The van der Waals surface area contributed by atoms with Crippen LogP contribution in [0.2, 0.25) is 0 Å². The first-order chi connectivity index (χ1) is 3.39. The molecule has 1 rings (SSSR count). The first kappa shape index (κ1) is 5.41. The third-order valence-electron chi connectivity index (χ3n) is 0.970. The summed E-state index contributed by atoms with van der Waals surface area (Å²) in [5, 5.41) is 11.5. The van der Waals surface area contributed by atoms with Gasteiger partial charge in [-0.05, 0) is 13.1 Å². The van der Waals surface area contributed by atoms with Crippen molar-refractivity contribution in [2.75, 3.05) is 24.6 Å². The van der Waals surface area contributed by atoms with Gasteiger partial charge in [0.2, 0.25) is 0 Å². The molecule has 0 radical (unpaired) electrons. The molecule has 2 nitrogen and oxygen atoms in total. The molecule has 1 aliphatic rings. The van der Waals surface area contributed by atoms with E-state index in [-0.39, 0.29) is 0 Å². The zero-order chi connectivity index (χ0) is 5.11. The van der Waals surface area contributed by atoms with Gasteiger partial charge in [0.05, 0.1) is 0 Å². The molecule has 1 aliphatic heterocycles. The molecule has 42 valence electrons. The molecule has 0 aromatic rings. The standard InChI is InChI=1S/C4H8NOS/c6-5-1-3-7-4-2-5/h1-4H2/q-1. The average Bonchev–Trinajstić information content (AvgIpc) is 1.69. The largest absolute Gasteiger partial charge is 0.785 e. The Morgan fingerprint density at radius 1 is 1.29 bits per heavy atom. The fraction of sp³-hybridized carbons (Fsp3) is 1.00. The van der Waals surface area contributed by atoms with Crippen LogP contribution in [0.3, 0.4) is 0 Å².